The summed E-state index contributed by atoms with van der Waals surface area (Å²) in [5, 5.41) is -0.303. The van der Waals surface area contributed by atoms with Crippen LogP contribution in [0.25, 0.3) is 0 Å². The first-order valence-electron chi connectivity index (χ1n) is 4.87. The van der Waals surface area contributed by atoms with E-state index < -0.39 is 10.1 Å². The molecule has 0 aromatic carbocycles. The fourth-order valence-electron chi connectivity index (χ4n) is 1.32. The normalized spacial score (nSPS) is 14.4. The molecule has 0 heterocycles. The number of unbranched alkanes of at least 4 members (excludes halogenated alkanes) is 1. The highest BCUT2D eigenvalue weighted by molar-refractivity contribution is 7.87. The molecule has 0 bridgehead atoms. The van der Waals surface area contributed by atoms with Crippen molar-refractivity contribution in [1.82, 2.24) is 0 Å². The maximum absolute atomic E-state index is 11.4. The van der Waals surface area contributed by atoms with Crippen LogP contribution in [0.4, 0.5) is 0 Å². The zero-order chi connectivity index (χ0) is 10.3. The highest BCUT2D eigenvalue weighted by Gasteiger charge is 2.23. The fourth-order valence-corrected chi connectivity index (χ4v) is 2.57. The number of hydrogen-bond acceptors (Lipinski definition) is 3. The smallest absolute Gasteiger partial charge is 0.269 e. The summed E-state index contributed by atoms with van der Waals surface area (Å²) in [6.07, 6.45) is 4.29. The third-order valence-electron chi connectivity index (χ3n) is 2.13. The maximum atomic E-state index is 11.4. The van der Waals surface area contributed by atoms with Crippen molar-refractivity contribution in [2.75, 3.05) is 7.11 Å². The summed E-state index contributed by atoms with van der Waals surface area (Å²) in [6, 6.07) is 0. The van der Waals surface area contributed by atoms with Gasteiger partial charge in [0.1, 0.15) is 0 Å². The molecule has 0 aliphatic carbocycles. The Labute approximate surface area is 81.6 Å². The SMILES string of the molecule is CCCCC(CCC)S(=O)(=O)OC. The second-order valence-electron chi connectivity index (χ2n) is 3.21. The highest BCUT2D eigenvalue weighted by atomic mass is 32.2. The van der Waals surface area contributed by atoms with Crippen molar-refractivity contribution in [1.29, 1.82) is 0 Å². The van der Waals surface area contributed by atoms with Crippen molar-refractivity contribution in [2.45, 2.75) is 51.2 Å². The lowest BCUT2D eigenvalue weighted by atomic mass is 10.1. The van der Waals surface area contributed by atoms with E-state index in [9.17, 15) is 8.42 Å². The topological polar surface area (TPSA) is 43.4 Å². The monoisotopic (exact) mass is 208 g/mol. The van der Waals surface area contributed by atoms with E-state index in [1.165, 1.54) is 7.11 Å². The summed E-state index contributed by atoms with van der Waals surface area (Å²) in [7, 11) is -2.05. The van der Waals surface area contributed by atoms with Gasteiger partial charge in [0.05, 0.1) is 12.4 Å². The fraction of sp³-hybridized carbons (Fsp3) is 1.00. The molecule has 13 heavy (non-hydrogen) atoms. The zero-order valence-electron chi connectivity index (χ0n) is 8.75. The summed E-state index contributed by atoms with van der Waals surface area (Å²) in [6.45, 7) is 4.05. The van der Waals surface area contributed by atoms with Gasteiger partial charge in [0.25, 0.3) is 10.1 Å². The Bertz CT molecular complexity index is 209. The average molecular weight is 208 g/mol. The van der Waals surface area contributed by atoms with Crippen LogP contribution in [-0.2, 0) is 14.3 Å². The quantitative estimate of drug-likeness (QED) is 0.603. The van der Waals surface area contributed by atoms with E-state index in [4.69, 9.17) is 0 Å². The Balaban J connectivity index is 4.23. The van der Waals surface area contributed by atoms with Crippen molar-refractivity contribution in [2.24, 2.45) is 0 Å². The summed E-state index contributed by atoms with van der Waals surface area (Å²) >= 11 is 0. The molecular formula is C9H20O3S. The van der Waals surface area contributed by atoms with Crippen LogP contribution in [0.2, 0.25) is 0 Å². The predicted octanol–water partition coefficient (Wildman–Crippen LogP) is 2.32. The van der Waals surface area contributed by atoms with E-state index >= 15 is 0 Å². The molecule has 4 heteroatoms. The third-order valence-corrected chi connectivity index (χ3v) is 3.88. The first-order valence-corrected chi connectivity index (χ1v) is 6.35. The van der Waals surface area contributed by atoms with Crippen LogP contribution in [0.3, 0.4) is 0 Å². The van der Waals surface area contributed by atoms with Crippen molar-refractivity contribution in [3.63, 3.8) is 0 Å². The van der Waals surface area contributed by atoms with Gasteiger partial charge in [0, 0.05) is 0 Å². The second kappa shape index (κ2) is 6.38. The molecule has 80 valence electrons. The van der Waals surface area contributed by atoms with Gasteiger partial charge in [0.15, 0.2) is 0 Å². The molecule has 0 aliphatic rings. The third kappa shape index (κ3) is 4.62. The minimum atomic E-state index is -3.29. The van der Waals surface area contributed by atoms with Gasteiger partial charge in [-0.15, -0.1) is 0 Å². The first kappa shape index (κ1) is 12.9. The van der Waals surface area contributed by atoms with Crippen LogP contribution in [0.15, 0.2) is 0 Å². The van der Waals surface area contributed by atoms with Gasteiger partial charge in [-0.2, -0.15) is 8.42 Å². The molecule has 0 amide bonds. The molecular weight excluding hydrogens is 188 g/mol. The molecule has 0 aliphatic heterocycles. The van der Waals surface area contributed by atoms with Crippen LogP contribution in [-0.4, -0.2) is 20.8 Å². The lowest BCUT2D eigenvalue weighted by Gasteiger charge is -2.14. The second-order valence-corrected chi connectivity index (χ2v) is 5.20. The van der Waals surface area contributed by atoms with Gasteiger partial charge >= 0.3 is 0 Å². The Morgan fingerprint density at radius 3 is 2.15 bits per heavy atom. The summed E-state index contributed by atoms with van der Waals surface area (Å²) in [5.41, 5.74) is 0. The molecule has 1 unspecified atom stereocenters. The van der Waals surface area contributed by atoms with Crippen LogP contribution < -0.4 is 0 Å². The lowest BCUT2D eigenvalue weighted by molar-refractivity contribution is 0.379. The Morgan fingerprint density at radius 1 is 1.15 bits per heavy atom. The van der Waals surface area contributed by atoms with E-state index in [0.717, 1.165) is 25.7 Å². The van der Waals surface area contributed by atoms with Crippen molar-refractivity contribution in [3.8, 4) is 0 Å². The molecule has 3 nitrogen and oxygen atoms in total. The van der Waals surface area contributed by atoms with Gasteiger partial charge in [-0.1, -0.05) is 33.1 Å². The Morgan fingerprint density at radius 2 is 1.77 bits per heavy atom. The lowest BCUT2D eigenvalue weighted by Crippen LogP contribution is -2.22. The maximum Gasteiger partial charge on any atom is 0.269 e. The zero-order valence-corrected chi connectivity index (χ0v) is 9.56. The van der Waals surface area contributed by atoms with E-state index in [1.54, 1.807) is 0 Å². The largest absolute Gasteiger partial charge is 0.273 e. The van der Waals surface area contributed by atoms with Gasteiger partial charge in [0.2, 0.25) is 0 Å². The van der Waals surface area contributed by atoms with Crippen molar-refractivity contribution in [3.05, 3.63) is 0 Å². The van der Waals surface area contributed by atoms with E-state index in [0.29, 0.717) is 6.42 Å². The van der Waals surface area contributed by atoms with E-state index in [1.807, 2.05) is 6.92 Å². The molecule has 0 N–H and O–H groups in total. The summed E-state index contributed by atoms with van der Waals surface area (Å²) in [4.78, 5) is 0. The van der Waals surface area contributed by atoms with Gasteiger partial charge < -0.3 is 0 Å². The van der Waals surface area contributed by atoms with Crippen LogP contribution in [0, 0.1) is 0 Å². The molecule has 0 fully saturated rings. The molecule has 0 aromatic rings. The standard InChI is InChI=1S/C9H20O3S/c1-4-6-8-9(7-5-2)13(10,11)12-3/h9H,4-8H2,1-3H3. The summed E-state index contributed by atoms with van der Waals surface area (Å²) < 4.78 is 27.3. The van der Waals surface area contributed by atoms with Crippen LogP contribution >= 0.6 is 0 Å². The molecule has 0 saturated carbocycles. The van der Waals surface area contributed by atoms with Crippen molar-refractivity contribution >= 4 is 10.1 Å². The average Bonchev–Trinajstić information content (AvgIpc) is 2.12. The number of rotatable bonds is 7. The first-order chi connectivity index (χ1) is 6.08. The Kier molecular flexibility index (Phi) is 6.33. The molecule has 0 saturated heterocycles. The van der Waals surface area contributed by atoms with Gasteiger partial charge in [-0.3, -0.25) is 4.18 Å². The highest BCUT2D eigenvalue weighted by Crippen LogP contribution is 2.16. The summed E-state index contributed by atoms with van der Waals surface area (Å²) in [5.74, 6) is 0. The minimum absolute atomic E-state index is 0.303. The Hall–Kier alpha value is -0.0900. The van der Waals surface area contributed by atoms with Crippen molar-refractivity contribution < 1.29 is 12.6 Å². The minimum Gasteiger partial charge on any atom is -0.273 e. The molecule has 0 spiro atoms. The molecule has 0 radical (unpaired) electrons. The van der Waals surface area contributed by atoms with Crippen LogP contribution in [0.1, 0.15) is 46.0 Å². The van der Waals surface area contributed by atoms with E-state index in [-0.39, 0.29) is 5.25 Å². The van der Waals surface area contributed by atoms with Crippen LogP contribution in [0.5, 0.6) is 0 Å². The van der Waals surface area contributed by atoms with E-state index in [2.05, 4.69) is 11.1 Å². The van der Waals surface area contributed by atoms with Gasteiger partial charge in [-0.25, -0.2) is 0 Å². The predicted molar refractivity (Wildman–Crippen MR) is 54.1 cm³/mol. The van der Waals surface area contributed by atoms with Gasteiger partial charge in [-0.05, 0) is 12.8 Å². The molecule has 0 rings (SSSR count). The molecule has 1 atom stereocenters. The molecule has 0 aromatic heterocycles. The number of hydrogen-bond donors (Lipinski definition) is 0.